The molecule has 142 valence electrons. The van der Waals surface area contributed by atoms with Crippen LogP contribution in [-0.2, 0) is 4.79 Å². The first-order valence-corrected chi connectivity index (χ1v) is 10.5. The van der Waals surface area contributed by atoms with Gasteiger partial charge in [-0.05, 0) is 36.0 Å². The zero-order chi connectivity index (χ0) is 19.0. The third-order valence-electron chi connectivity index (χ3n) is 5.06. The third kappa shape index (κ3) is 3.52. The van der Waals surface area contributed by atoms with E-state index in [-0.39, 0.29) is 17.2 Å². The maximum Gasteiger partial charge on any atom is 0.227 e. The fourth-order valence-corrected chi connectivity index (χ4v) is 4.72. The second-order valence-corrected chi connectivity index (χ2v) is 9.07. The van der Waals surface area contributed by atoms with Gasteiger partial charge in [0, 0.05) is 35.8 Å². The number of rotatable bonds is 5. The Labute approximate surface area is 163 Å². The number of allylic oxidation sites excluding steroid dienone is 2. The number of unbranched alkanes of at least 4 members (excludes halogenated alkanes) is 1. The summed E-state index contributed by atoms with van der Waals surface area (Å²) in [5, 5.41) is 8.92. The lowest BCUT2D eigenvalue weighted by Crippen LogP contribution is -2.36. The number of carbonyl (C=O) groups is 1. The van der Waals surface area contributed by atoms with Crippen molar-refractivity contribution >= 4 is 23.5 Å². The summed E-state index contributed by atoms with van der Waals surface area (Å²) >= 11 is 1.67. The van der Waals surface area contributed by atoms with Gasteiger partial charge in [0.05, 0.1) is 0 Å². The molecule has 3 heterocycles. The molecule has 0 fully saturated rings. The number of carbonyl (C=O) groups excluding carboxylic acids is 1. The smallest absolute Gasteiger partial charge is 0.227 e. The van der Waals surface area contributed by atoms with Gasteiger partial charge < -0.3 is 5.32 Å². The summed E-state index contributed by atoms with van der Waals surface area (Å²) in [5.74, 6) is 1.91. The maximum absolute atomic E-state index is 13.1. The second kappa shape index (κ2) is 7.11. The van der Waals surface area contributed by atoms with Gasteiger partial charge in [-0.15, -0.1) is 5.10 Å². The predicted molar refractivity (Wildman–Crippen MR) is 107 cm³/mol. The lowest BCUT2D eigenvalue weighted by molar-refractivity contribution is -0.118. The topological polar surface area (TPSA) is 72.7 Å². The molecule has 1 aliphatic carbocycles. The molecule has 0 saturated carbocycles. The Morgan fingerprint density at radius 3 is 2.81 bits per heavy atom. The van der Waals surface area contributed by atoms with E-state index in [1.165, 1.54) is 0 Å². The van der Waals surface area contributed by atoms with Gasteiger partial charge >= 0.3 is 0 Å². The lowest BCUT2D eigenvalue weighted by Gasteiger charge is -2.38. The number of anilines is 1. The Bertz CT molecular complexity index is 887. The fourth-order valence-electron chi connectivity index (χ4n) is 3.81. The van der Waals surface area contributed by atoms with Crippen LogP contribution in [0.15, 0.2) is 41.0 Å². The first-order chi connectivity index (χ1) is 13.0. The van der Waals surface area contributed by atoms with Gasteiger partial charge in [-0.2, -0.15) is 4.98 Å². The van der Waals surface area contributed by atoms with Crippen molar-refractivity contribution in [3.05, 3.63) is 41.4 Å². The molecule has 1 aliphatic heterocycles. The molecule has 0 bridgehead atoms. The molecule has 27 heavy (non-hydrogen) atoms. The van der Waals surface area contributed by atoms with E-state index in [0.29, 0.717) is 6.42 Å². The highest BCUT2D eigenvalue weighted by atomic mass is 32.2. The molecule has 0 aromatic carbocycles. The number of nitrogens with zero attached hydrogens (tertiary/aromatic N) is 4. The quantitative estimate of drug-likeness (QED) is 0.615. The number of thioether (sulfide) groups is 1. The highest BCUT2D eigenvalue weighted by Crippen LogP contribution is 2.45. The van der Waals surface area contributed by atoms with E-state index < -0.39 is 0 Å². The molecule has 2 aliphatic rings. The Hall–Kier alpha value is -2.15. The summed E-state index contributed by atoms with van der Waals surface area (Å²) in [5.41, 5.74) is 2.78. The van der Waals surface area contributed by atoms with Crippen molar-refractivity contribution in [2.24, 2.45) is 5.41 Å². The van der Waals surface area contributed by atoms with E-state index >= 15 is 0 Å². The number of Topliss-reactive ketones (excluding diaryl/α,β-unsaturated/α-hetero) is 1. The van der Waals surface area contributed by atoms with Crippen LogP contribution in [0.25, 0.3) is 0 Å². The molecule has 4 rings (SSSR count). The summed E-state index contributed by atoms with van der Waals surface area (Å²) < 4.78 is 1.87. The monoisotopic (exact) mass is 383 g/mol. The molecule has 7 heteroatoms. The number of fused-ring (bicyclic) bond motifs is 1. The van der Waals surface area contributed by atoms with E-state index in [2.05, 4.69) is 31.1 Å². The zero-order valence-electron chi connectivity index (χ0n) is 16.0. The summed E-state index contributed by atoms with van der Waals surface area (Å²) in [4.78, 5) is 21.9. The van der Waals surface area contributed by atoms with Crippen molar-refractivity contribution in [3.8, 4) is 0 Å². The third-order valence-corrected chi connectivity index (χ3v) is 5.99. The van der Waals surface area contributed by atoms with Crippen molar-refractivity contribution < 1.29 is 4.79 Å². The van der Waals surface area contributed by atoms with Crippen molar-refractivity contribution in [1.29, 1.82) is 0 Å². The van der Waals surface area contributed by atoms with Gasteiger partial charge in [-0.25, -0.2) is 4.68 Å². The van der Waals surface area contributed by atoms with E-state index in [1.807, 2.05) is 16.8 Å². The Morgan fingerprint density at radius 1 is 1.30 bits per heavy atom. The molecule has 1 N–H and O–H groups in total. The highest BCUT2D eigenvalue weighted by Gasteiger charge is 2.41. The molecule has 2 aromatic rings. The van der Waals surface area contributed by atoms with Gasteiger partial charge in [-0.3, -0.25) is 9.78 Å². The molecule has 2 aromatic heterocycles. The molecule has 0 amide bonds. The van der Waals surface area contributed by atoms with Crippen LogP contribution in [0.2, 0.25) is 0 Å². The van der Waals surface area contributed by atoms with E-state index in [1.54, 1.807) is 24.2 Å². The number of hydrogen-bond acceptors (Lipinski definition) is 6. The lowest BCUT2D eigenvalue weighted by atomic mass is 9.73. The first kappa shape index (κ1) is 18.2. The van der Waals surface area contributed by atoms with Gasteiger partial charge in [0.2, 0.25) is 11.1 Å². The van der Waals surface area contributed by atoms with Crippen LogP contribution in [0.5, 0.6) is 0 Å². The van der Waals surface area contributed by atoms with Gasteiger partial charge in [0.15, 0.2) is 5.78 Å². The number of hydrogen-bond donors (Lipinski definition) is 1. The minimum Gasteiger partial charge on any atom is -0.328 e. The van der Waals surface area contributed by atoms with Crippen LogP contribution < -0.4 is 5.32 Å². The SMILES string of the molecule is CCCCSc1nc2n(n1)C(c1ccncc1)C1=C(CC(C)(C)CC1=O)N2. The van der Waals surface area contributed by atoms with Gasteiger partial charge in [0.1, 0.15) is 6.04 Å². The Kier molecular flexibility index (Phi) is 4.80. The number of pyridine rings is 1. The molecular weight excluding hydrogens is 358 g/mol. The van der Waals surface area contributed by atoms with Crippen molar-refractivity contribution in [3.63, 3.8) is 0 Å². The number of aromatic nitrogens is 4. The summed E-state index contributed by atoms with van der Waals surface area (Å²) in [6.45, 7) is 6.46. The van der Waals surface area contributed by atoms with Crippen LogP contribution in [0.3, 0.4) is 0 Å². The molecule has 0 spiro atoms. The van der Waals surface area contributed by atoms with Crippen LogP contribution in [0.4, 0.5) is 5.95 Å². The van der Waals surface area contributed by atoms with Crippen LogP contribution in [0.1, 0.15) is 58.1 Å². The summed E-state index contributed by atoms with van der Waals surface area (Å²) in [6.07, 6.45) is 7.21. The first-order valence-electron chi connectivity index (χ1n) is 9.51. The minimum atomic E-state index is -0.240. The zero-order valence-corrected chi connectivity index (χ0v) is 16.8. The molecule has 0 saturated heterocycles. The van der Waals surface area contributed by atoms with Crippen LogP contribution >= 0.6 is 11.8 Å². The molecule has 0 radical (unpaired) electrons. The van der Waals surface area contributed by atoms with E-state index in [0.717, 1.165) is 53.0 Å². The predicted octanol–water partition coefficient (Wildman–Crippen LogP) is 4.22. The van der Waals surface area contributed by atoms with Crippen LogP contribution in [-0.4, -0.2) is 31.3 Å². The highest BCUT2D eigenvalue weighted by molar-refractivity contribution is 7.99. The fraction of sp³-hybridized carbons (Fsp3) is 0.500. The molecule has 1 atom stereocenters. The van der Waals surface area contributed by atoms with E-state index in [4.69, 9.17) is 10.1 Å². The molecular formula is C20H25N5OS. The average molecular weight is 384 g/mol. The summed E-state index contributed by atoms with van der Waals surface area (Å²) in [7, 11) is 0. The maximum atomic E-state index is 13.1. The van der Waals surface area contributed by atoms with Crippen molar-refractivity contribution in [2.45, 2.75) is 57.7 Å². The van der Waals surface area contributed by atoms with Crippen LogP contribution in [0, 0.1) is 5.41 Å². The Morgan fingerprint density at radius 2 is 2.07 bits per heavy atom. The average Bonchev–Trinajstić information content (AvgIpc) is 3.02. The van der Waals surface area contributed by atoms with E-state index in [9.17, 15) is 4.79 Å². The number of ketones is 1. The van der Waals surface area contributed by atoms with Crippen molar-refractivity contribution in [1.82, 2.24) is 19.7 Å². The van der Waals surface area contributed by atoms with Gasteiger partial charge in [-0.1, -0.05) is 39.0 Å². The van der Waals surface area contributed by atoms with Crippen molar-refractivity contribution in [2.75, 3.05) is 11.1 Å². The molecule has 1 unspecified atom stereocenters. The number of nitrogens with one attached hydrogen (secondary N) is 1. The standard InChI is InChI=1S/C20H25N5OS/c1-4-5-10-27-19-23-18-22-14-11-20(2,3)12-15(26)16(14)17(25(18)24-19)13-6-8-21-9-7-13/h6-9,17H,4-5,10-12H2,1-3H3,(H,22,23,24). The van der Waals surface area contributed by atoms with Gasteiger partial charge in [0.25, 0.3) is 0 Å². The molecule has 6 nitrogen and oxygen atoms in total. The Balaban J connectivity index is 1.77. The largest absolute Gasteiger partial charge is 0.328 e. The summed E-state index contributed by atoms with van der Waals surface area (Å²) in [6, 6.07) is 3.68. The minimum absolute atomic E-state index is 0.0490. The normalized spacial score (nSPS) is 20.9. The second-order valence-electron chi connectivity index (χ2n) is 8.01.